The maximum absolute atomic E-state index is 12.4. The summed E-state index contributed by atoms with van der Waals surface area (Å²) in [4.78, 5) is 15.2. The molecule has 19 heavy (non-hydrogen) atoms. The number of aryl methyl sites for hydroxylation is 1. The predicted molar refractivity (Wildman–Crippen MR) is 80.6 cm³/mol. The van der Waals surface area contributed by atoms with Gasteiger partial charge in [-0.25, -0.2) is 0 Å². The minimum Gasteiger partial charge on any atom is -0.329 e. The lowest BCUT2D eigenvalue weighted by Crippen LogP contribution is -2.36. The number of benzene rings is 1. The van der Waals surface area contributed by atoms with Gasteiger partial charge >= 0.3 is 0 Å². The van der Waals surface area contributed by atoms with E-state index in [9.17, 15) is 4.79 Å². The molecule has 0 radical (unpaired) electrons. The highest BCUT2D eigenvalue weighted by Crippen LogP contribution is 2.18. The fraction of sp³-hybridized carbons (Fsp3) is 0.267. The molecule has 0 aliphatic carbocycles. The van der Waals surface area contributed by atoms with Crippen LogP contribution in [0.4, 0.5) is 5.69 Å². The van der Waals surface area contributed by atoms with E-state index < -0.39 is 0 Å². The molecule has 0 unspecified atom stereocenters. The summed E-state index contributed by atoms with van der Waals surface area (Å²) in [5, 5.41) is 1.99. The Labute approximate surface area is 117 Å². The van der Waals surface area contributed by atoms with Crippen LogP contribution in [0.15, 0.2) is 41.8 Å². The standard InChI is InChI=1S/C15H18N2OS/c1-12-4-2-5-13(10-12)17(8-7-16)15(18)11-14-6-3-9-19-14/h2-6,9-10H,7-8,11,16H2,1H3. The smallest absolute Gasteiger partial charge is 0.232 e. The lowest BCUT2D eigenvalue weighted by atomic mass is 10.2. The SMILES string of the molecule is Cc1cccc(N(CCN)C(=O)Cc2cccs2)c1. The number of thiophene rings is 1. The summed E-state index contributed by atoms with van der Waals surface area (Å²) >= 11 is 1.61. The van der Waals surface area contributed by atoms with Crippen molar-refractivity contribution in [2.75, 3.05) is 18.0 Å². The first-order valence-corrected chi connectivity index (χ1v) is 7.18. The molecule has 1 heterocycles. The van der Waals surface area contributed by atoms with Gasteiger partial charge in [0.25, 0.3) is 0 Å². The lowest BCUT2D eigenvalue weighted by molar-refractivity contribution is -0.117. The average molecular weight is 274 g/mol. The highest BCUT2D eigenvalue weighted by molar-refractivity contribution is 7.10. The Bertz CT molecular complexity index is 537. The summed E-state index contributed by atoms with van der Waals surface area (Å²) in [6, 6.07) is 11.9. The summed E-state index contributed by atoms with van der Waals surface area (Å²) in [6.07, 6.45) is 0.436. The second-order valence-electron chi connectivity index (χ2n) is 4.43. The molecular weight excluding hydrogens is 256 g/mol. The van der Waals surface area contributed by atoms with Gasteiger partial charge in [0, 0.05) is 23.7 Å². The number of hydrogen-bond donors (Lipinski definition) is 1. The maximum Gasteiger partial charge on any atom is 0.232 e. The van der Waals surface area contributed by atoms with Gasteiger partial charge in [-0.3, -0.25) is 4.79 Å². The average Bonchev–Trinajstić information content (AvgIpc) is 2.88. The van der Waals surface area contributed by atoms with E-state index in [1.165, 1.54) is 0 Å². The molecule has 0 bridgehead atoms. The molecule has 3 nitrogen and oxygen atoms in total. The van der Waals surface area contributed by atoms with Crippen molar-refractivity contribution in [3.05, 3.63) is 52.2 Å². The van der Waals surface area contributed by atoms with Crippen molar-refractivity contribution < 1.29 is 4.79 Å². The summed E-state index contributed by atoms with van der Waals surface area (Å²) in [5.41, 5.74) is 7.69. The number of nitrogens with zero attached hydrogens (tertiary/aromatic N) is 1. The van der Waals surface area contributed by atoms with Crippen LogP contribution in [0.3, 0.4) is 0 Å². The van der Waals surface area contributed by atoms with Gasteiger partial charge in [0.1, 0.15) is 0 Å². The van der Waals surface area contributed by atoms with Crippen LogP contribution in [-0.2, 0) is 11.2 Å². The molecule has 4 heteroatoms. The molecule has 2 aromatic rings. The van der Waals surface area contributed by atoms with Crippen LogP contribution in [0, 0.1) is 6.92 Å². The summed E-state index contributed by atoms with van der Waals surface area (Å²) in [6.45, 7) is 3.03. The van der Waals surface area contributed by atoms with Crippen molar-refractivity contribution in [1.82, 2.24) is 0 Å². The van der Waals surface area contributed by atoms with Gasteiger partial charge in [-0.2, -0.15) is 0 Å². The number of hydrogen-bond acceptors (Lipinski definition) is 3. The topological polar surface area (TPSA) is 46.3 Å². The number of amides is 1. The number of anilines is 1. The lowest BCUT2D eigenvalue weighted by Gasteiger charge is -2.22. The van der Waals surface area contributed by atoms with Gasteiger partial charge in [0.05, 0.1) is 6.42 Å². The van der Waals surface area contributed by atoms with Crippen LogP contribution >= 0.6 is 11.3 Å². The summed E-state index contributed by atoms with van der Waals surface area (Å²) in [7, 11) is 0. The Morgan fingerprint density at radius 3 is 2.79 bits per heavy atom. The van der Waals surface area contributed by atoms with Crippen LogP contribution in [0.5, 0.6) is 0 Å². The van der Waals surface area contributed by atoms with Crippen molar-refractivity contribution in [2.24, 2.45) is 5.73 Å². The fourth-order valence-corrected chi connectivity index (χ4v) is 2.68. The van der Waals surface area contributed by atoms with Gasteiger partial charge < -0.3 is 10.6 Å². The van der Waals surface area contributed by atoms with Gasteiger partial charge in [-0.05, 0) is 36.1 Å². The largest absolute Gasteiger partial charge is 0.329 e. The molecule has 0 aliphatic heterocycles. The highest BCUT2D eigenvalue weighted by Gasteiger charge is 2.15. The summed E-state index contributed by atoms with van der Waals surface area (Å²) in [5.74, 6) is 0.0958. The quantitative estimate of drug-likeness (QED) is 0.911. The zero-order chi connectivity index (χ0) is 13.7. The van der Waals surface area contributed by atoms with E-state index in [2.05, 4.69) is 0 Å². The Hall–Kier alpha value is -1.65. The molecule has 0 saturated heterocycles. The molecule has 2 N–H and O–H groups in total. The van der Waals surface area contributed by atoms with Gasteiger partial charge in [-0.15, -0.1) is 11.3 Å². The zero-order valence-electron chi connectivity index (χ0n) is 11.0. The predicted octanol–water partition coefficient (Wildman–Crippen LogP) is 2.59. The molecule has 0 aliphatic rings. The van der Waals surface area contributed by atoms with Crippen LogP contribution in [0.25, 0.3) is 0 Å². The molecule has 1 aromatic carbocycles. The number of rotatable bonds is 5. The fourth-order valence-electron chi connectivity index (χ4n) is 1.98. The minimum atomic E-state index is 0.0958. The van der Waals surface area contributed by atoms with E-state index in [-0.39, 0.29) is 5.91 Å². The molecule has 0 saturated carbocycles. The van der Waals surface area contributed by atoms with Crippen LogP contribution < -0.4 is 10.6 Å². The van der Waals surface area contributed by atoms with E-state index in [1.807, 2.05) is 48.7 Å². The van der Waals surface area contributed by atoms with E-state index >= 15 is 0 Å². The molecule has 0 spiro atoms. The van der Waals surface area contributed by atoms with Crippen molar-refractivity contribution in [3.63, 3.8) is 0 Å². The monoisotopic (exact) mass is 274 g/mol. The number of nitrogens with two attached hydrogens (primary N) is 1. The van der Waals surface area contributed by atoms with Gasteiger partial charge in [0.15, 0.2) is 0 Å². The Kier molecular flexibility index (Phi) is 4.71. The van der Waals surface area contributed by atoms with Crippen molar-refractivity contribution in [3.8, 4) is 0 Å². The number of carbonyl (C=O) groups is 1. The van der Waals surface area contributed by atoms with E-state index in [0.29, 0.717) is 19.5 Å². The first-order valence-electron chi connectivity index (χ1n) is 6.30. The third-order valence-corrected chi connectivity index (χ3v) is 3.75. The summed E-state index contributed by atoms with van der Waals surface area (Å²) < 4.78 is 0. The third-order valence-electron chi connectivity index (χ3n) is 2.87. The Morgan fingerprint density at radius 1 is 1.32 bits per heavy atom. The number of carbonyl (C=O) groups excluding carboxylic acids is 1. The molecule has 1 aromatic heterocycles. The highest BCUT2D eigenvalue weighted by atomic mass is 32.1. The van der Waals surface area contributed by atoms with E-state index in [1.54, 1.807) is 16.2 Å². The second-order valence-corrected chi connectivity index (χ2v) is 5.46. The first kappa shape index (κ1) is 13.8. The zero-order valence-corrected chi connectivity index (χ0v) is 11.8. The van der Waals surface area contributed by atoms with Crippen LogP contribution in [-0.4, -0.2) is 19.0 Å². The van der Waals surface area contributed by atoms with Crippen LogP contribution in [0.2, 0.25) is 0 Å². The maximum atomic E-state index is 12.4. The van der Waals surface area contributed by atoms with E-state index in [4.69, 9.17) is 5.73 Å². The molecule has 0 atom stereocenters. The normalized spacial score (nSPS) is 10.4. The molecule has 2 rings (SSSR count). The first-order chi connectivity index (χ1) is 9.20. The molecular formula is C15H18N2OS. The van der Waals surface area contributed by atoms with Gasteiger partial charge in [-0.1, -0.05) is 18.2 Å². The third kappa shape index (κ3) is 3.66. The molecule has 0 fully saturated rings. The Balaban J connectivity index is 2.17. The Morgan fingerprint density at radius 2 is 2.16 bits per heavy atom. The van der Waals surface area contributed by atoms with Crippen LogP contribution in [0.1, 0.15) is 10.4 Å². The molecule has 1 amide bonds. The minimum absolute atomic E-state index is 0.0958. The van der Waals surface area contributed by atoms with Crippen molar-refractivity contribution in [1.29, 1.82) is 0 Å². The van der Waals surface area contributed by atoms with Crippen molar-refractivity contribution >= 4 is 22.9 Å². The van der Waals surface area contributed by atoms with Crippen molar-refractivity contribution in [2.45, 2.75) is 13.3 Å². The molecule has 100 valence electrons. The van der Waals surface area contributed by atoms with E-state index in [0.717, 1.165) is 16.1 Å². The van der Waals surface area contributed by atoms with Gasteiger partial charge in [0.2, 0.25) is 5.91 Å². The second kappa shape index (κ2) is 6.50.